The molecule has 16 heavy (non-hydrogen) atoms. The zero-order valence-corrected chi connectivity index (χ0v) is 9.88. The van der Waals surface area contributed by atoms with Crippen LogP contribution < -0.4 is 5.73 Å². The van der Waals surface area contributed by atoms with E-state index in [-0.39, 0.29) is 6.04 Å². The van der Waals surface area contributed by atoms with Gasteiger partial charge in [0.25, 0.3) is 0 Å². The molecule has 0 saturated heterocycles. The lowest BCUT2D eigenvalue weighted by Crippen LogP contribution is -2.21. The van der Waals surface area contributed by atoms with Crippen LogP contribution in [0.3, 0.4) is 0 Å². The summed E-state index contributed by atoms with van der Waals surface area (Å²) >= 11 is 0. The molecule has 2 rings (SSSR count). The van der Waals surface area contributed by atoms with Gasteiger partial charge in [0, 0.05) is 12.5 Å². The lowest BCUT2D eigenvalue weighted by Gasteiger charge is -2.20. The second-order valence-electron chi connectivity index (χ2n) is 4.92. The summed E-state index contributed by atoms with van der Waals surface area (Å²) in [7, 11) is 0. The van der Waals surface area contributed by atoms with E-state index in [0.29, 0.717) is 12.8 Å². The van der Waals surface area contributed by atoms with Crippen molar-refractivity contribution in [2.75, 3.05) is 0 Å². The van der Waals surface area contributed by atoms with Crippen molar-refractivity contribution >= 4 is 0 Å². The predicted octanol–water partition coefficient (Wildman–Crippen LogP) is 3.32. The molecule has 1 nitrogen and oxygen atoms in total. The molecule has 0 heterocycles. The Morgan fingerprint density at radius 2 is 2.06 bits per heavy atom. The van der Waals surface area contributed by atoms with E-state index in [9.17, 15) is 4.39 Å². The minimum atomic E-state index is -1.18. The van der Waals surface area contributed by atoms with Crippen molar-refractivity contribution in [1.82, 2.24) is 0 Å². The van der Waals surface area contributed by atoms with Gasteiger partial charge in [0.15, 0.2) is 0 Å². The Morgan fingerprint density at radius 3 is 2.56 bits per heavy atom. The third-order valence-electron chi connectivity index (χ3n) is 3.51. The van der Waals surface area contributed by atoms with Crippen molar-refractivity contribution in [3.05, 3.63) is 35.4 Å². The van der Waals surface area contributed by atoms with Gasteiger partial charge in [-0.15, -0.1) is 0 Å². The van der Waals surface area contributed by atoms with Gasteiger partial charge in [-0.05, 0) is 30.4 Å². The van der Waals surface area contributed by atoms with Gasteiger partial charge in [-0.1, -0.05) is 37.6 Å². The van der Waals surface area contributed by atoms with Gasteiger partial charge in [-0.3, -0.25) is 0 Å². The molecule has 1 aliphatic rings. The molecule has 1 fully saturated rings. The molecule has 0 amide bonds. The number of hydrogen-bond donors (Lipinski definition) is 1. The highest BCUT2D eigenvalue weighted by Gasteiger charge is 2.39. The van der Waals surface area contributed by atoms with Crippen LogP contribution in [0.2, 0.25) is 0 Å². The third kappa shape index (κ3) is 2.27. The highest BCUT2D eigenvalue weighted by atomic mass is 19.1. The molecule has 0 aromatic heterocycles. The van der Waals surface area contributed by atoms with Crippen LogP contribution in [0.1, 0.15) is 43.7 Å². The highest BCUT2D eigenvalue weighted by molar-refractivity contribution is 5.28. The first-order valence-corrected chi connectivity index (χ1v) is 6.18. The summed E-state index contributed by atoms with van der Waals surface area (Å²) in [6.07, 6.45) is 4.04. The van der Waals surface area contributed by atoms with Crippen LogP contribution in [0.4, 0.5) is 4.39 Å². The van der Waals surface area contributed by atoms with E-state index in [4.69, 9.17) is 5.73 Å². The van der Waals surface area contributed by atoms with E-state index in [1.165, 1.54) is 5.56 Å². The second-order valence-corrected chi connectivity index (χ2v) is 4.92. The van der Waals surface area contributed by atoms with Crippen molar-refractivity contribution in [2.24, 2.45) is 5.73 Å². The van der Waals surface area contributed by atoms with Crippen molar-refractivity contribution in [2.45, 2.75) is 50.7 Å². The fourth-order valence-electron chi connectivity index (χ4n) is 2.55. The molecule has 0 aliphatic heterocycles. The van der Waals surface area contributed by atoms with Crippen LogP contribution in [0.5, 0.6) is 0 Å². The minimum absolute atomic E-state index is 0.0281. The molecular formula is C14H20FN. The number of rotatable bonds is 3. The van der Waals surface area contributed by atoms with E-state index in [1.807, 2.05) is 24.3 Å². The summed E-state index contributed by atoms with van der Waals surface area (Å²) < 4.78 is 14.5. The standard InChI is InChI=1S/C14H20FN/c1-2-3-11-4-6-12(7-5-11)14(15)9-8-13(16)10-14/h4-7,13H,2-3,8-10,16H2,1H3. The monoisotopic (exact) mass is 221 g/mol. The smallest absolute Gasteiger partial charge is 0.137 e. The number of hydrogen-bond acceptors (Lipinski definition) is 1. The Balaban J connectivity index is 2.15. The predicted molar refractivity (Wildman–Crippen MR) is 65.0 cm³/mol. The SMILES string of the molecule is CCCc1ccc(C2(F)CCC(N)C2)cc1. The van der Waals surface area contributed by atoms with Crippen molar-refractivity contribution in [3.63, 3.8) is 0 Å². The molecule has 2 unspecified atom stereocenters. The van der Waals surface area contributed by atoms with Crippen molar-refractivity contribution < 1.29 is 4.39 Å². The zero-order valence-electron chi connectivity index (χ0n) is 9.88. The number of benzene rings is 1. The van der Waals surface area contributed by atoms with E-state index >= 15 is 0 Å². The van der Waals surface area contributed by atoms with Crippen LogP contribution in [0, 0.1) is 0 Å². The van der Waals surface area contributed by atoms with Crippen LogP contribution in [0.25, 0.3) is 0 Å². The number of alkyl halides is 1. The van der Waals surface area contributed by atoms with Crippen LogP contribution in [-0.2, 0) is 12.1 Å². The number of nitrogens with two attached hydrogens (primary N) is 1. The van der Waals surface area contributed by atoms with Gasteiger partial charge < -0.3 is 5.73 Å². The average molecular weight is 221 g/mol. The molecule has 1 aromatic rings. The molecule has 1 aliphatic carbocycles. The largest absolute Gasteiger partial charge is 0.328 e. The molecule has 0 bridgehead atoms. The number of aryl methyl sites for hydroxylation is 1. The molecule has 0 spiro atoms. The minimum Gasteiger partial charge on any atom is -0.328 e. The molecule has 2 N–H and O–H groups in total. The summed E-state index contributed by atoms with van der Waals surface area (Å²) in [6, 6.07) is 7.99. The fourth-order valence-corrected chi connectivity index (χ4v) is 2.55. The molecule has 2 heteroatoms. The van der Waals surface area contributed by atoms with Gasteiger partial charge in [0.1, 0.15) is 5.67 Å². The highest BCUT2D eigenvalue weighted by Crippen LogP contribution is 2.41. The molecule has 2 atom stereocenters. The average Bonchev–Trinajstić information content (AvgIpc) is 2.61. The summed E-state index contributed by atoms with van der Waals surface area (Å²) in [5.74, 6) is 0. The van der Waals surface area contributed by atoms with E-state index in [0.717, 1.165) is 24.8 Å². The lowest BCUT2D eigenvalue weighted by atomic mass is 9.92. The lowest BCUT2D eigenvalue weighted by molar-refractivity contribution is 0.172. The normalized spacial score (nSPS) is 29.6. The van der Waals surface area contributed by atoms with E-state index in [2.05, 4.69) is 6.92 Å². The van der Waals surface area contributed by atoms with Gasteiger partial charge >= 0.3 is 0 Å². The Labute approximate surface area is 96.9 Å². The topological polar surface area (TPSA) is 26.0 Å². The Morgan fingerprint density at radius 1 is 1.38 bits per heavy atom. The first-order chi connectivity index (χ1) is 7.64. The van der Waals surface area contributed by atoms with E-state index < -0.39 is 5.67 Å². The maximum Gasteiger partial charge on any atom is 0.137 e. The van der Waals surface area contributed by atoms with Crippen LogP contribution in [0.15, 0.2) is 24.3 Å². The van der Waals surface area contributed by atoms with Crippen molar-refractivity contribution in [3.8, 4) is 0 Å². The van der Waals surface area contributed by atoms with E-state index in [1.54, 1.807) is 0 Å². The first-order valence-electron chi connectivity index (χ1n) is 6.18. The first kappa shape index (κ1) is 11.6. The number of halogens is 1. The molecule has 1 aromatic carbocycles. The Hall–Kier alpha value is -0.890. The summed E-state index contributed by atoms with van der Waals surface area (Å²) in [5.41, 5.74) is 6.70. The quantitative estimate of drug-likeness (QED) is 0.832. The molecule has 88 valence electrons. The maximum atomic E-state index is 14.5. The Bertz CT molecular complexity index is 346. The maximum absolute atomic E-state index is 14.5. The van der Waals surface area contributed by atoms with Crippen LogP contribution >= 0.6 is 0 Å². The van der Waals surface area contributed by atoms with Gasteiger partial charge in [-0.25, -0.2) is 4.39 Å². The third-order valence-corrected chi connectivity index (χ3v) is 3.51. The zero-order chi connectivity index (χ0) is 11.6. The van der Waals surface area contributed by atoms with Crippen molar-refractivity contribution in [1.29, 1.82) is 0 Å². The van der Waals surface area contributed by atoms with Gasteiger partial charge in [-0.2, -0.15) is 0 Å². The van der Waals surface area contributed by atoms with Gasteiger partial charge in [0.05, 0.1) is 0 Å². The Kier molecular flexibility index (Phi) is 3.29. The fraction of sp³-hybridized carbons (Fsp3) is 0.571. The molecule has 1 saturated carbocycles. The second kappa shape index (κ2) is 4.54. The summed E-state index contributed by atoms with van der Waals surface area (Å²) in [6.45, 7) is 2.15. The van der Waals surface area contributed by atoms with Crippen LogP contribution in [-0.4, -0.2) is 6.04 Å². The summed E-state index contributed by atoms with van der Waals surface area (Å²) in [5, 5.41) is 0. The van der Waals surface area contributed by atoms with Gasteiger partial charge in [0.2, 0.25) is 0 Å². The molecule has 0 radical (unpaired) electrons. The molecular weight excluding hydrogens is 201 g/mol. The summed E-state index contributed by atoms with van der Waals surface area (Å²) in [4.78, 5) is 0.